The maximum atomic E-state index is 12.7. The van der Waals surface area contributed by atoms with E-state index < -0.39 is 0 Å². The highest BCUT2D eigenvalue weighted by molar-refractivity contribution is 5.79. The van der Waals surface area contributed by atoms with E-state index in [0.29, 0.717) is 13.1 Å². The molecule has 4 rings (SSSR count). The Hall–Kier alpha value is -2.67. The number of aromatic nitrogens is 2. The van der Waals surface area contributed by atoms with Gasteiger partial charge in [0.1, 0.15) is 0 Å². The average molecular weight is 423 g/mol. The number of nitrogens with zero attached hydrogens (tertiary/aromatic N) is 5. The van der Waals surface area contributed by atoms with Gasteiger partial charge in [-0.3, -0.25) is 4.79 Å². The molecule has 0 saturated carbocycles. The summed E-state index contributed by atoms with van der Waals surface area (Å²) in [6, 6.07) is 12.4. The molecule has 2 saturated heterocycles. The highest BCUT2D eigenvalue weighted by atomic mass is 16.1. The number of carbonyl (C=O) groups is 1. The standard InChI is InChI=1S/C24H34N6O/c1-3-28-13-15-29(16-14-28)22-10-11-23(27-26-22)30-12-4-5-21(18-30)24(31)25-17-20-8-6-19(2)7-9-20/h6-11,21H,3-5,12-18H2,1-2H3,(H,25,31). The van der Waals surface area contributed by atoms with E-state index in [4.69, 9.17) is 0 Å². The lowest BCUT2D eigenvalue weighted by Gasteiger charge is -2.35. The van der Waals surface area contributed by atoms with Crippen LogP contribution in [0.25, 0.3) is 0 Å². The van der Waals surface area contributed by atoms with Gasteiger partial charge in [-0.1, -0.05) is 36.8 Å². The van der Waals surface area contributed by atoms with Crippen LogP contribution in [0.3, 0.4) is 0 Å². The fraction of sp³-hybridized carbons (Fsp3) is 0.542. The number of piperidine rings is 1. The molecule has 166 valence electrons. The van der Waals surface area contributed by atoms with Gasteiger partial charge in [0.15, 0.2) is 11.6 Å². The quantitative estimate of drug-likeness (QED) is 0.772. The largest absolute Gasteiger partial charge is 0.354 e. The van der Waals surface area contributed by atoms with Crippen molar-refractivity contribution in [2.75, 3.05) is 55.6 Å². The first-order valence-corrected chi connectivity index (χ1v) is 11.5. The first kappa shape index (κ1) is 21.6. The fourth-order valence-electron chi connectivity index (χ4n) is 4.39. The van der Waals surface area contributed by atoms with Crippen molar-refractivity contribution in [1.82, 2.24) is 20.4 Å². The first-order valence-electron chi connectivity index (χ1n) is 11.5. The summed E-state index contributed by atoms with van der Waals surface area (Å²) >= 11 is 0. The number of hydrogen-bond acceptors (Lipinski definition) is 6. The number of amides is 1. The minimum atomic E-state index is -0.0113. The van der Waals surface area contributed by atoms with Crippen LogP contribution < -0.4 is 15.1 Å². The van der Waals surface area contributed by atoms with Crippen LogP contribution in [0.15, 0.2) is 36.4 Å². The molecule has 0 bridgehead atoms. The van der Waals surface area contributed by atoms with Crippen molar-refractivity contribution >= 4 is 17.5 Å². The molecular weight excluding hydrogens is 388 g/mol. The minimum Gasteiger partial charge on any atom is -0.354 e. The van der Waals surface area contributed by atoms with Gasteiger partial charge in [-0.15, -0.1) is 10.2 Å². The van der Waals surface area contributed by atoms with Gasteiger partial charge in [0.05, 0.1) is 5.92 Å². The minimum absolute atomic E-state index is 0.0113. The number of carbonyl (C=O) groups excluding carboxylic acids is 1. The smallest absolute Gasteiger partial charge is 0.225 e. The lowest BCUT2D eigenvalue weighted by molar-refractivity contribution is -0.125. The van der Waals surface area contributed by atoms with Gasteiger partial charge >= 0.3 is 0 Å². The third kappa shape index (κ3) is 5.53. The number of anilines is 2. The maximum absolute atomic E-state index is 12.7. The highest BCUT2D eigenvalue weighted by Crippen LogP contribution is 2.23. The Balaban J connectivity index is 1.30. The summed E-state index contributed by atoms with van der Waals surface area (Å²) in [7, 11) is 0. The van der Waals surface area contributed by atoms with E-state index >= 15 is 0 Å². The predicted octanol–water partition coefficient (Wildman–Crippen LogP) is 2.46. The third-order valence-corrected chi connectivity index (χ3v) is 6.48. The van der Waals surface area contributed by atoms with Crippen LogP contribution in [0.2, 0.25) is 0 Å². The SMILES string of the molecule is CCN1CCN(c2ccc(N3CCCC(C(=O)NCc4ccc(C)cc4)C3)nn2)CC1. The average Bonchev–Trinajstić information content (AvgIpc) is 2.84. The molecule has 0 radical (unpaired) electrons. The van der Waals surface area contributed by atoms with Crippen molar-refractivity contribution < 1.29 is 4.79 Å². The summed E-state index contributed by atoms with van der Waals surface area (Å²) in [5.74, 6) is 1.93. The molecule has 7 nitrogen and oxygen atoms in total. The number of aryl methyl sites for hydroxylation is 1. The molecule has 3 heterocycles. The molecule has 1 aromatic heterocycles. The number of hydrogen-bond donors (Lipinski definition) is 1. The molecule has 2 fully saturated rings. The zero-order chi connectivity index (χ0) is 21.6. The molecule has 1 atom stereocenters. The van der Waals surface area contributed by atoms with Gasteiger partial charge < -0.3 is 20.0 Å². The summed E-state index contributed by atoms with van der Waals surface area (Å²) in [5.41, 5.74) is 2.36. The van der Waals surface area contributed by atoms with E-state index in [9.17, 15) is 4.79 Å². The Labute approximate surface area is 185 Å². The van der Waals surface area contributed by atoms with Crippen molar-refractivity contribution in [3.8, 4) is 0 Å². The molecule has 7 heteroatoms. The maximum Gasteiger partial charge on any atom is 0.225 e. The summed E-state index contributed by atoms with van der Waals surface area (Å²) in [6.07, 6.45) is 1.91. The van der Waals surface area contributed by atoms with Gasteiger partial charge in [-0.25, -0.2) is 0 Å². The molecule has 31 heavy (non-hydrogen) atoms. The Bertz CT molecular complexity index is 845. The van der Waals surface area contributed by atoms with Crippen LogP contribution >= 0.6 is 0 Å². The number of piperazine rings is 1. The Morgan fingerprint density at radius 3 is 2.29 bits per heavy atom. The fourth-order valence-corrected chi connectivity index (χ4v) is 4.39. The van der Waals surface area contributed by atoms with Gasteiger partial charge in [0, 0.05) is 45.8 Å². The monoisotopic (exact) mass is 422 g/mol. The second-order valence-electron chi connectivity index (χ2n) is 8.66. The molecule has 2 aromatic rings. The van der Waals surface area contributed by atoms with E-state index in [2.05, 4.69) is 80.5 Å². The van der Waals surface area contributed by atoms with E-state index in [1.54, 1.807) is 0 Å². The second-order valence-corrected chi connectivity index (χ2v) is 8.66. The van der Waals surface area contributed by atoms with Gasteiger partial charge in [0.2, 0.25) is 5.91 Å². The van der Waals surface area contributed by atoms with Gasteiger partial charge in [-0.05, 0) is 44.0 Å². The van der Waals surface area contributed by atoms with Crippen molar-refractivity contribution in [3.05, 3.63) is 47.5 Å². The van der Waals surface area contributed by atoms with Gasteiger partial charge in [0.25, 0.3) is 0 Å². The summed E-state index contributed by atoms with van der Waals surface area (Å²) in [5, 5.41) is 12.1. The Morgan fingerprint density at radius 2 is 1.65 bits per heavy atom. The molecule has 2 aliphatic heterocycles. The molecule has 1 unspecified atom stereocenters. The summed E-state index contributed by atoms with van der Waals surface area (Å²) < 4.78 is 0. The third-order valence-electron chi connectivity index (χ3n) is 6.48. The molecule has 1 N–H and O–H groups in total. The van der Waals surface area contributed by atoms with E-state index in [0.717, 1.165) is 69.3 Å². The zero-order valence-corrected chi connectivity index (χ0v) is 18.8. The molecule has 2 aliphatic rings. The van der Waals surface area contributed by atoms with Crippen molar-refractivity contribution in [1.29, 1.82) is 0 Å². The van der Waals surface area contributed by atoms with E-state index in [-0.39, 0.29) is 11.8 Å². The van der Waals surface area contributed by atoms with Crippen LogP contribution in [-0.4, -0.2) is 66.8 Å². The lowest BCUT2D eigenvalue weighted by atomic mass is 9.97. The van der Waals surface area contributed by atoms with Crippen molar-refractivity contribution in [3.63, 3.8) is 0 Å². The lowest BCUT2D eigenvalue weighted by Crippen LogP contribution is -2.46. The molecule has 0 spiro atoms. The van der Waals surface area contributed by atoms with E-state index in [1.807, 2.05) is 0 Å². The van der Waals surface area contributed by atoms with Crippen LogP contribution in [0.1, 0.15) is 30.9 Å². The molecule has 1 amide bonds. The second kappa shape index (κ2) is 10.1. The normalized spacial score (nSPS) is 20.0. The van der Waals surface area contributed by atoms with Crippen molar-refractivity contribution in [2.24, 2.45) is 5.92 Å². The van der Waals surface area contributed by atoms with E-state index in [1.165, 1.54) is 5.56 Å². The Morgan fingerprint density at radius 1 is 0.968 bits per heavy atom. The molecular formula is C24H34N6O. The van der Waals surface area contributed by atoms with Crippen LogP contribution in [0.5, 0.6) is 0 Å². The number of nitrogens with one attached hydrogen (secondary N) is 1. The number of likely N-dealkylation sites (N-methyl/N-ethyl adjacent to an activating group) is 1. The van der Waals surface area contributed by atoms with Crippen LogP contribution in [0.4, 0.5) is 11.6 Å². The Kier molecular flexibility index (Phi) is 7.02. The summed E-state index contributed by atoms with van der Waals surface area (Å²) in [6.45, 7) is 11.7. The van der Waals surface area contributed by atoms with Crippen LogP contribution in [0, 0.1) is 12.8 Å². The van der Waals surface area contributed by atoms with Gasteiger partial charge in [-0.2, -0.15) is 0 Å². The van der Waals surface area contributed by atoms with Crippen molar-refractivity contribution in [2.45, 2.75) is 33.2 Å². The number of rotatable bonds is 6. The highest BCUT2D eigenvalue weighted by Gasteiger charge is 2.27. The molecule has 1 aromatic carbocycles. The number of benzene rings is 1. The topological polar surface area (TPSA) is 64.6 Å². The van der Waals surface area contributed by atoms with Crippen LogP contribution in [-0.2, 0) is 11.3 Å². The molecule has 0 aliphatic carbocycles. The predicted molar refractivity (Wildman–Crippen MR) is 124 cm³/mol. The first-order chi connectivity index (χ1) is 15.1. The zero-order valence-electron chi connectivity index (χ0n) is 18.8. The summed E-state index contributed by atoms with van der Waals surface area (Å²) in [4.78, 5) is 19.7.